The van der Waals surface area contributed by atoms with Gasteiger partial charge in [0.05, 0.1) is 17.0 Å². The predicted molar refractivity (Wildman–Crippen MR) is 129 cm³/mol. The predicted octanol–water partition coefficient (Wildman–Crippen LogP) is 5.91. The number of halogens is 1. The summed E-state index contributed by atoms with van der Waals surface area (Å²) in [5.41, 5.74) is 3.71. The Morgan fingerprint density at radius 3 is 2.44 bits per heavy atom. The molecular weight excluding hydrogens is 424 g/mol. The lowest BCUT2D eigenvalue weighted by molar-refractivity contribution is -0.114. The molecule has 162 valence electrons. The first-order chi connectivity index (χ1) is 15.5. The van der Waals surface area contributed by atoms with E-state index in [1.807, 2.05) is 92.7 Å². The van der Waals surface area contributed by atoms with Crippen molar-refractivity contribution in [1.29, 1.82) is 0 Å². The third kappa shape index (κ3) is 4.84. The maximum absolute atomic E-state index is 13.0. The summed E-state index contributed by atoms with van der Waals surface area (Å²) in [7, 11) is 0. The molecule has 3 aromatic carbocycles. The molecule has 0 fully saturated rings. The second-order valence-electron chi connectivity index (χ2n) is 7.34. The molecule has 32 heavy (non-hydrogen) atoms. The van der Waals surface area contributed by atoms with Crippen molar-refractivity contribution in [3.63, 3.8) is 0 Å². The lowest BCUT2D eigenvalue weighted by Crippen LogP contribution is -2.21. The normalized spacial score (nSPS) is 14.6. The SMILES string of the molecule is CC1=NN(c2ccccc2)C(=O)C1=Cc1ccccc1OCCOc1ccc(Cl)c(C)c1. The van der Waals surface area contributed by atoms with Gasteiger partial charge in [0, 0.05) is 10.6 Å². The fraction of sp³-hybridized carbons (Fsp3) is 0.154. The molecule has 0 bridgehead atoms. The molecule has 0 saturated carbocycles. The number of aryl methyl sites for hydroxylation is 1. The summed E-state index contributed by atoms with van der Waals surface area (Å²) in [6, 6.07) is 22.5. The van der Waals surface area contributed by atoms with E-state index in [1.54, 1.807) is 0 Å². The number of nitrogens with zero attached hydrogens (tertiary/aromatic N) is 2. The van der Waals surface area contributed by atoms with Gasteiger partial charge in [0.1, 0.15) is 24.7 Å². The number of rotatable bonds is 7. The number of hydrogen-bond acceptors (Lipinski definition) is 4. The monoisotopic (exact) mass is 446 g/mol. The molecular formula is C26H23ClN2O3. The zero-order chi connectivity index (χ0) is 22.5. The van der Waals surface area contributed by atoms with Crippen LogP contribution in [0.25, 0.3) is 6.08 Å². The highest BCUT2D eigenvalue weighted by Gasteiger charge is 2.28. The molecule has 0 atom stereocenters. The van der Waals surface area contributed by atoms with Gasteiger partial charge in [-0.15, -0.1) is 0 Å². The van der Waals surface area contributed by atoms with Crippen LogP contribution in [0.3, 0.4) is 0 Å². The molecule has 6 heteroatoms. The molecule has 4 rings (SSSR count). The Balaban J connectivity index is 1.44. The van der Waals surface area contributed by atoms with Crippen LogP contribution in [-0.2, 0) is 4.79 Å². The number of ether oxygens (including phenoxy) is 2. The van der Waals surface area contributed by atoms with E-state index < -0.39 is 0 Å². The minimum Gasteiger partial charge on any atom is -0.490 e. The molecule has 0 N–H and O–H groups in total. The first kappa shape index (κ1) is 21.7. The highest BCUT2D eigenvalue weighted by atomic mass is 35.5. The number of carbonyl (C=O) groups is 1. The summed E-state index contributed by atoms with van der Waals surface area (Å²) in [4.78, 5) is 13.0. The van der Waals surface area contributed by atoms with Crippen LogP contribution in [-0.4, -0.2) is 24.8 Å². The van der Waals surface area contributed by atoms with Crippen LogP contribution in [0, 0.1) is 6.92 Å². The number of hydrogen-bond donors (Lipinski definition) is 0. The molecule has 0 radical (unpaired) electrons. The third-order valence-corrected chi connectivity index (χ3v) is 5.45. The van der Waals surface area contributed by atoms with Crippen LogP contribution in [0.1, 0.15) is 18.1 Å². The molecule has 1 aliphatic rings. The second-order valence-corrected chi connectivity index (χ2v) is 7.75. The second kappa shape index (κ2) is 9.71. The molecule has 0 saturated heterocycles. The van der Waals surface area contributed by atoms with Gasteiger partial charge in [-0.25, -0.2) is 0 Å². The van der Waals surface area contributed by atoms with Crippen molar-refractivity contribution >= 4 is 35.0 Å². The highest BCUT2D eigenvalue weighted by Crippen LogP contribution is 2.27. The topological polar surface area (TPSA) is 51.1 Å². The van der Waals surface area contributed by atoms with Gasteiger partial charge in [0.2, 0.25) is 0 Å². The number of hydrazone groups is 1. The van der Waals surface area contributed by atoms with E-state index in [0.29, 0.717) is 35.3 Å². The molecule has 5 nitrogen and oxygen atoms in total. The first-order valence-electron chi connectivity index (χ1n) is 10.3. The van der Waals surface area contributed by atoms with Crippen LogP contribution in [0.15, 0.2) is 83.5 Å². The summed E-state index contributed by atoms with van der Waals surface area (Å²) in [6.07, 6.45) is 1.82. The number of benzene rings is 3. The van der Waals surface area contributed by atoms with Gasteiger partial charge in [-0.1, -0.05) is 48.0 Å². The van der Waals surface area contributed by atoms with Gasteiger partial charge < -0.3 is 9.47 Å². The van der Waals surface area contributed by atoms with Gasteiger partial charge >= 0.3 is 0 Å². The minimum atomic E-state index is -0.162. The van der Waals surface area contributed by atoms with Gasteiger partial charge in [0.25, 0.3) is 5.91 Å². The van der Waals surface area contributed by atoms with E-state index in [0.717, 1.165) is 22.6 Å². The Kier molecular flexibility index (Phi) is 6.57. The zero-order valence-electron chi connectivity index (χ0n) is 17.9. The maximum atomic E-state index is 13.0. The summed E-state index contributed by atoms with van der Waals surface area (Å²) in [6.45, 7) is 4.51. The largest absolute Gasteiger partial charge is 0.490 e. The lowest BCUT2D eigenvalue weighted by atomic mass is 10.1. The fourth-order valence-corrected chi connectivity index (χ4v) is 3.45. The van der Waals surface area contributed by atoms with Gasteiger partial charge in [-0.2, -0.15) is 10.1 Å². The van der Waals surface area contributed by atoms with Crippen molar-refractivity contribution in [1.82, 2.24) is 0 Å². The number of para-hydroxylation sites is 2. The molecule has 1 aliphatic heterocycles. The van der Waals surface area contributed by atoms with Crippen LogP contribution < -0.4 is 14.5 Å². The molecule has 0 unspecified atom stereocenters. The molecule has 1 heterocycles. The van der Waals surface area contributed by atoms with Crippen molar-refractivity contribution in [3.05, 3.63) is 94.5 Å². The Morgan fingerprint density at radius 1 is 0.938 bits per heavy atom. The highest BCUT2D eigenvalue weighted by molar-refractivity contribution is 6.32. The summed E-state index contributed by atoms with van der Waals surface area (Å²) >= 11 is 6.05. The van der Waals surface area contributed by atoms with E-state index in [9.17, 15) is 4.79 Å². The van der Waals surface area contributed by atoms with Crippen LogP contribution in [0.2, 0.25) is 5.02 Å². The molecule has 0 aromatic heterocycles. The van der Waals surface area contributed by atoms with Crippen molar-refractivity contribution in [2.45, 2.75) is 13.8 Å². The van der Waals surface area contributed by atoms with E-state index in [1.165, 1.54) is 5.01 Å². The Labute approximate surface area is 192 Å². The van der Waals surface area contributed by atoms with Crippen molar-refractivity contribution in [3.8, 4) is 11.5 Å². The Morgan fingerprint density at radius 2 is 1.66 bits per heavy atom. The van der Waals surface area contributed by atoms with Crippen LogP contribution in [0.4, 0.5) is 5.69 Å². The van der Waals surface area contributed by atoms with Crippen LogP contribution in [0.5, 0.6) is 11.5 Å². The van der Waals surface area contributed by atoms with E-state index in [4.69, 9.17) is 21.1 Å². The standard InChI is InChI=1S/C26H23ClN2O3/c1-18-16-22(12-13-24(18)27)31-14-15-32-25-11-7-6-8-20(25)17-23-19(2)28-29(26(23)30)21-9-4-3-5-10-21/h3-13,16-17H,14-15H2,1-2H3. The third-order valence-electron chi connectivity index (χ3n) is 5.02. The summed E-state index contributed by atoms with van der Waals surface area (Å²) in [5, 5.41) is 6.56. The molecule has 3 aromatic rings. The van der Waals surface area contributed by atoms with Crippen molar-refractivity contribution in [2.75, 3.05) is 18.2 Å². The van der Waals surface area contributed by atoms with E-state index in [-0.39, 0.29) is 5.91 Å². The molecule has 1 amide bonds. The van der Waals surface area contributed by atoms with Gasteiger partial charge in [0.15, 0.2) is 0 Å². The fourth-order valence-electron chi connectivity index (χ4n) is 3.33. The first-order valence-corrected chi connectivity index (χ1v) is 10.7. The summed E-state index contributed by atoms with van der Waals surface area (Å²) < 4.78 is 11.7. The van der Waals surface area contributed by atoms with E-state index in [2.05, 4.69) is 5.10 Å². The van der Waals surface area contributed by atoms with Gasteiger partial charge in [-0.05, 0) is 61.9 Å². The number of carbonyl (C=O) groups excluding carboxylic acids is 1. The zero-order valence-corrected chi connectivity index (χ0v) is 18.7. The smallest absolute Gasteiger partial charge is 0.280 e. The van der Waals surface area contributed by atoms with Crippen molar-refractivity contribution < 1.29 is 14.3 Å². The Bertz CT molecular complexity index is 1190. The quantitative estimate of drug-likeness (QED) is 0.334. The summed E-state index contributed by atoms with van der Waals surface area (Å²) in [5.74, 6) is 1.26. The minimum absolute atomic E-state index is 0.162. The van der Waals surface area contributed by atoms with Gasteiger partial charge in [-0.3, -0.25) is 4.79 Å². The average Bonchev–Trinajstić information content (AvgIpc) is 3.09. The van der Waals surface area contributed by atoms with Crippen molar-refractivity contribution in [2.24, 2.45) is 5.10 Å². The van der Waals surface area contributed by atoms with E-state index >= 15 is 0 Å². The lowest BCUT2D eigenvalue weighted by Gasteiger charge is -2.12. The molecule has 0 spiro atoms. The Hall–Kier alpha value is -3.57. The number of amides is 1. The van der Waals surface area contributed by atoms with Crippen LogP contribution >= 0.6 is 11.6 Å². The maximum Gasteiger partial charge on any atom is 0.280 e. The average molecular weight is 447 g/mol. The number of anilines is 1. The molecule has 0 aliphatic carbocycles.